The summed E-state index contributed by atoms with van der Waals surface area (Å²) >= 11 is 0. The van der Waals surface area contributed by atoms with Crippen LogP contribution in [-0.4, -0.2) is 28.2 Å². The Bertz CT molecular complexity index is 636. The highest BCUT2D eigenvalue weighted by Gasteiger charge is 2.46. The van der Waals surface area contributed by atoms with Crippen LogP contribution in [0.1, 0.15) is 51.7 Å². The van der Waals surface area contributed by atoms with E-state index in [2.05, 4.69) is 6.58 Å². The van der Waals surface area contributed by atoms with Gasteiger partial charge in [-0.25, -0.2) is 9.18 Å². The van der Waals surface area contributed by atoms with E-state index in [1.807, 2.05) is 0 Å². The van der Waals surface area contributed by atoms with Crippen molar-refractivity contribution in [2.75, 3.05) is 6.54 Å². The predicted octanol–water partition coefficient (Wildman–Crippen LogP) is 4.03. The lowest BCUT2D eigenvalue weighted by molar-refractivity contribution is -0.0896. The monoisotopic (exact) mass is 321 g/mol. The Morgan fingerprint density at radius 2 is 2.09 bits per heavy atom. The van der Waals surface area contributed by atoms with E-state index in [9.17, 15) is 14.3 Å². The summed E-state index contributed by atoms with van der Waals surface area (Å²) in [4.78, 5) is 13.7. The summed E-state index contributed by atoms with van der Waals surface area (Å²) in [5.74, 6) is -0.463. The molecule has 2 rings (SSSR count). The van der Waals surface area contributed by atoms with Gasteiger partial charge in [-0.2, -0.15) is 0 Å². The van der Waals surface area contributed by atoms with Crippen LogP contribution in [0.3, 0.4) is 0 Å². The van der Waals surface area contributed by atoms with Crippen LogP contribution in [0.2, 0.25) is 0 Å². The lowest BCUT2D eigenvalue weighted by Gasteiger charge is -2.36. The third-order valence-electron chi connectivity index (χ3n) is 3.84. The summed E-state index contributed by atoms with van der Waals surface area (Å²) in [6.45, 7) is 11.3. The Morgan fingerprint density at radius 3 is 2.65 bits per heavy atom. The molecule has 1 aliphatic heterocycles. The van der Waals surface area contributed by atoms with Crippen LogP contribution in [0.5, 0.6) is 0 Å². The number of ether oxygens (including phenoxy) is 1. The fourth-order valence-electron chi connectivity index (χ4n) is 2.86. The van der Waals surface area contributed by atoms with Gasteiger partial charge >= 0.3 is 6.09 Å². The highest BCUT2D eigenvalue weighted by molar-refractivity contribution is 5.72. The molecule has 1 heterocycles. The zero-order chi connectivity index (χ0) is 17.4. The molecule has 1 aromatic carbocycles. The van der Waals surface area contributed by atoms with Gasteiger partial charge in [-0.1, -0.05) is 18.2 Å². The molecular formula is C18H24FNO3. The van der Waals surface area contributed by atoms with E-state index in [0.717, 1.165) is 0 Å². The summed E-state index contributed by atoms with van der Waals surface area (Å²) in [7, 11) is 0. The van der Waals surface area contributed by atoms with Crippen molar-refractivity contribution in [2.45, 2.75) is 51.9 Å². The Balaban J connectivity index is 2.46. The largest absolute Gasteiger partial charge is 0.444 e. The molecule has 1 aromatic rings. The average molecular weight is 321 g/mol. The molecule has 1 saturated heterocycles. The molecule has 0 spiro atoms. The topological polar surface area (TPSA) is 49.8 Å². The molecule has 1 amide bonds. The molecule has 23 heavy (non-hydrogen) atoms. The summed E-state index contributed by atoms with van der Waals surface area (Å²) in [6.07, 6.45) is 0.340. The van der Waals surface area contributed by atoms with E-state index in [0.29, 0.717) is 36.1 Å². The molecule has 0 saturated carbocycles. The maximum Gasteiger partial charge on any atom is 0.412 e. The lowest BCUT2D eigenvalue weighted by Crippen LogP contribution is -2.47. The first-order valence-electron chi connectivity index (χ1n) is 7.73. The van der Waals surface area contributed by atoms with E-state index in [4.69, 9.17) is 4.74 Å². The van der Waals surface area contributed by atoms with Crippen molar-refractivity contribution in [1.82, 2.24) is 4.90 Å². The van der Waals surface area contributed by atoms with Gasteiger partial charge in [0.15, 0.2) is 5.72 Å². The Morgan fingerprint density at radius 1 is 1.43 bits per heavy atom. The SMILES string of the molecule is C=C(C)c1ccc(F)cc1C1(O)CCCN1C(=O)OC(C)(C)C. The predicted molar refractivity (Wildman–Crippen MR) is 87.2 cm³/mol. The van der Waals surface area contributed by atoms with Crippen LogP contribution < -0.4 is 0 Å². The van der Waals surface area contributed by atoms with Crippen molar-refractivity contribution >= 4 is 11.7 Å². The van der Waals surface area contributed by atoms with Crippen molar-refractivity contribution in [3.8, 4) is 0 Å². The Labute approximate surface area is 136 Å². The van der Waals surface area contributed by atoms with Gasteiger partial charge in [0, 0.05) is 18.5 Å². The molecule has 126 valence electrons. The number of likely N-dealkylation sites (tertiary alicyclic amines) is 1. The van der Waals surface area contributed by atoms with E-state index in [1.54, 1.807) is 33.8 Å². The molecule has 1 aliphatic rings. The lowest BCUT2D eigenvalue weighted by atomic mass is 9.91. The maximum atomic E-state index is 13.8. The number of allylic oxidation sites excluding steroid dienone is 1. The van der Waals surface area contributed by atoms with Crippen LogP contribution in [0, 0.1) is 5.82 Å². The van der Waals surface area contributed by atoms with Crippen LogP contribution in [0.15, 0.2) is 24.8 Å². The fourth-order valence-corrected chi connectivity index (χ4v) is 2.86. The Hall–Kier alpha value is -1.88. The van der Waals surface area contributed by atoms with Crippen LogP contribution >= 0.6 is 0 Å². The second-order valence-electron chi connectivity index (χ2n) is 7.02. The van der Waals surface area contributed by atoms with Crippen LogP contribution in [0.4, 0.5) is 9.18 Å². The minimum Gasteiger partial charge on any atom is -0.444 e. The Kier molecular flexibility index (Phi) is 4.53. The zero-order valence-electron chi connectivity index (χ0n) is 14.1. The second kappa shape index (κ2) is 5.96. The molecular weight excluding hydrogens is 297 g/mol. The molecule has 1 atom stereocenters. The number of hydrogen-bond donors (Lipinski definition) is 1. The van der Waals surface area contributed by atoms with Gasteiger partial charge in [0.05, 0.1) is 0 Å². The minimum atomic E-state index is -1.58. The zero-order valence-corrected chi connectivity index (χ0v) is 14.1. The molecule has 1 unspecified atom stereocenters. The molecule has 1 N–H and O–H groups in total. The molecule has 5 heteroatoms. The van der Waals surface area contributed by atoms with E-state index in [1.165, 1.54) is 17.0 Å². The van der Waals surface area contributed by atoms with Crippen LogP contribution in [-0.2, 0) is 10.5 Å². The minimum absolute atomic E-state index is 0.329. The molecule has 0 aliphatic carbocycles. The molecule has 4 nitrogen and oxygen atoms in total. The summed E-state index contributed by atoms with van der Waals surface area (Å²) in [6, 6.07) is 4.17. The van der Waals surface area contributed by atoms with Crippen molar-refractivity contribution in [3.05, 3.63) is 41.7 Å². The van der Waals surface area contributed by atoms with E-state index in [-0.39, 0.29) is 0 Å². The number of halogens is 1. The van der Waals surface area contributed by atoms with Gasteiger partial charge in [-0.15, -0.1) is 0 Å². The van der Waals surface area contributed by atoms with Gasteiger partial charge in [0.1, 0.15) is 11.4 Å². The van der Waals surface area contributed by atoms with Crippen LogP contribution in [0.25, 0.3) is 5.57 Å². The van der Waals surface area contributed by atoms with Gasteiger partial charge in [-0.3, -0.25) is 4.90 Å². The first-order chi connectivity index (χ1) is 10.5. The smallest absolute Gasteiger partial charge is 0.412 e. The van der Waals surface area contributed by atoms with Gasteiger partial charge in [0.2, 0.25) is 0 Å². The first kappa shape index (κ1) is 17.5. The maximum absolute atomic E-state index is 13.8. The van der Waals surface area contributed by atoms with Gasteiger partial charge < -0.3 is 9.84 Å². The summed E-state index contributed by atoms with van der Waals surface area (Å²) in [5, 5.41) is 11.2. The van der Waals surface area contributed by atoms with E-state index < -0.39 is 23.2 Å². The van der Waals surface area contributed by atoms with Crippen molar-refractivity contribution < 1.29 is 19.0 Å². The molecule has 0 aromatic heterocycles. The van der Waals surface area contributed by atoms with Gasteiger partial charge in [-0.05, 0) is 51.8 Å². The molecule has 0 bridgehead atoms. The third kappa shape index (κ3) is 3.55. The second-order valence-corrected chi connectivity index (χ2v) is 7.02. The number of benzene rings is 1. The fraction of sp³-hybridized carbons (Fsp3) is 0.500. The standard InChI is InChI=1S/C18H24FNO3/c1-12(2)14-8-7-13(19)11-15(14)18(22)9-6-10-20(18)16(21)23-17(3,4)5/h7-8,11,22H,1,6,9-10H2,2-5H3. The third-order valence-corrected chi connectivity index (χ3v) is 3.84. The molecule has 0 radical (unpaired) electrons. The number of nitrogens with zero attached hydrogens (tertiary/aromatic N) is 1. The highest BCUT2D eigenvalue weighted by Crippen LogP contribution is 2.40. The highest BCUT2D eigenvalue weighted by atomic mass is 19.1. The number of rotatable bonds is 2. The summed E-state index contributed by atoms with van der Waals surface area (Å²) in [5.41, 5.74) is -0.555. The number of amides is 1. The van der Waals surface area contributed by atoms with Crippen molar-refractivity contribution in [3.63, 3.8) is 0 Å². The van der Waals surface area contributed by atoms with Crippen molar-refractivity contribution in [2.24, 2.45) is 0 Å². The number of carbonyl (C=O) groups is 1. The normalized spacial score (nSPS) is 21.4. The number of hydrogen-bond acceptors (Lipinski definition) is 3. The van der Waals surface area contributed by atoms with E-state index >= 15 is 0 Å². The first-order valence-corrected chi connectivity index (χ1v) is 7.73. The summed E-state index contributed by atoms with van der Waals surface area (Å²) < 4.78 is 19.1. The number of carbonyl (C=O) groups excluding carboxylic acids is 1. The van der Waals surface area contributed by atoms with Gasteiger partial charge in [0.25, 0.3) is 0 Å². The number of aliphatic hydroxyl groups is 1. The average Bonchev–Trinajstić information content (AvgIpc) is 2.79. The molecule has 1 fully saturated rings. The quantitative estimate of drug-likeness (QED) is 0.894. The van der Waals surface area contributed by atoms with Crippen molar-refractivity contribution in [1.29, 1.82) is 0 Å².